The summed E-state index contributed by atoms with van der Waals surface area (Å²) in [6.07, 6.45) is 22.1. The molecule has 0 saturated carbocycles. The molecule has 0 unspecified atom stereocenters. The Labute approximate surface area is 172 Å². The molecule has 0 aliphatic rings. The van der Waals surface area contributed by atoms with E-state index in [4.69, 9.17) is 9.47 Å². The van der Waals surface area contributed by atoms with Gasteiger partial charge in [-0.25, -0.2) is 0 Å². The molecule has 28 heavy (non-hydrogen) atoms. The normalized spacial score (nSPS) is 11.4. The van der Waals surface area contributed by atoms with Gasteiger partial charge in [0, 0.05) is 12.8 Å². The highest BCUT2D eigenvalue weighted by Gasteiger charge is 2.05. The fourth-order valence-electron chi connectivity index (χ4n) is 2.71. The van der Waals surface area contributed by atoms with Crippen LogP contribution < -0.4 is 0 Å². The second kappa shape index (κ2) is 21.7. The van der Waals surface area contributed by atoms with Gasteiger partial charge in [0.05, 0.1) is 0 Å². The van der Waals surface area contributed by atoms with Crippen molar-refractivity contribution in [3.63, 3.8) is 0 Å². The number of ether oxygens (including phenoxy) is 2. The van der Waals surface area contributed by atoms with Crippen molar-refractivity contribution in [2.24, 2.45) is 0 Å². The molecule has 0 heterocycles. The topological polar surface area (TPSA) is 52.6 Å². The molecule has 4 nitrogen and oxygen atoms in total. The molecule has 0 atom stereocenters. The van der Waals surface area contributed by atoms with Crippen molar-refractivity contribution in [1.82, 2.24) is 0 Å². The van der Waals surface area contributed by atoms with Crippen LogP contribution in [0.3, 0.4) is 0 Å². The second-order valence-electron chi connectivity index (χ2n) is 7.21. The van der Waals surface area contributed by atoms with Gasteiger partial charge >= 0.3 is 11.9 Å². The van der Waals surface area contributed by atoms with Gasteiger partial charge in [-0.05, 0) is 38.5 Å². The van der Waals surface area contributed by atoms with E-state index < -0.39 is 0 Å². The maximum Gasteiger partial charge on any atom is 0.306 e. The first-order valence-corrected chi connectivity index (χ1v) is 11.3. The summed E-state index contributed by atoms with van der Waals surface area (Å²) in [5, 5.41) is 0. The van der Waals surface area contributed by atoms with E-state index in [-0.39, 0.29) is 11.9 Å². The van der Waals surface area contributed by atoms with Gasteiger partial charge in [-0.15, -0.1) is 0 Å². The number of hydrogen-bond donors (Lipinski definition) is 0. The predicted octanol–water partition coefficient (Wildman–Crippen LogP) is 6.69. The van der Waals surface area contributed by atoms with Crippen molar-refractivity contribution in [2.45, 2.75) is 104 Å². The van der Waals surface area contributed by atoms with E-state index in [2.05, 4.69) is 26.0 Å². The number of carbonyl (C=O) groups is 2. The zero-order chi connectivity index (χ0) is 20.7. The van der Waals surface area contributed by atoms with Gasteiger partial charge in [0.1, 0.15) is 13.2 Å². The van der Waals surface area contributed by atoms with E-state index in [1.54, 1.807) is 0 Å². The van der Waals surface area contributed by atoms with Crippen molar-refractivity contribution < 1.29 is 19.1 Å². The zero-order valence-corrected chi connectivity index (χ0v) is 18.3. The molecular weight excluding hydrogens is 352 g/mol. The van der Waals surface area contributed by atoms with Gasteiger partial charge in [0.25, 0.3) is 0 Å². The van der Waals surface area contributed by atoms with E-state index in [0.717, 1.165) is 12.8 Å². The third-order valence-corrected chi connectivity index (χ3v) is 4.47. The average molecular weight is 395 g/mol. The van der Waals surface area contributed by atoms with Gasteiger partial charge < -0.3 is 9.47 Å². The molecular formula is C24H42O4. The van der Waals surface area contributed by atoms with Crippen LogP contribution in [0.4, 0.5) is 0 Å². The molecule has 0 aromatic rings. The number of rotatable bonds is 19. The summed E-state index contributed by atoms with van der Waals surface area (Å²) in [7, 11) is 0. The van der Waals surface area contributed by atoms with Gasteiger partial charge in [0.15, 0.2) is 0 Å². The lowest BCUT2D eigenvalue weighted by atomic mass is 10.1. The Kier molecular flexibility index (Phi) is 20.5. The van der Waals surface area contributed by atoms with Crippen molar-refractivity contribution in [1.29, 1.82) is 0 Å². The van der Waals surface area contributed by atoms with Crippen molar-refractivity contribution in [3.8, 4) is 0 Å². The van der Waals surface area contributed by atoms with Gasteiger partial charge in [-0.2, -0.15) is 0 Å². The van der Waals surface area contributed by atoms with E-state index in [1.807, 2.05) is 12.2 Å². The van der Waals surface area contributed by atoms with E-state index >= 15 is 0 Å². The summed E-state index contributed by atoms with van der Waals surface area (Å²) < 4.78 is 10.3. The molecule has 0 fully saturated rings. The van der Waals surface area contributed by atoms with Crippen LogP contribution in [0.15, 0.2) is 24.3 Å². The number of unbranched alkanes of at least 4 members (excludes halogenated alkanes) is 9. The Morgan fingerprint density at radius 2 is 1.00 bits per heavy atom. The van der Waals surface area contributed by atoms with E-state index in [9.17, 15) is 9.59 Å². The van der Waals surface area contributed by atoms with Crippen LogP contribution in [0.1, 0.15) is 104 Å². The predicted molar refractivity (Wildman–Crippen MR) is 116 cm³/mol. The lowest BCUT2D eigenvalue weighted by Gasteiger charge is -2.03. The lowest BCUT2D eigenvalue weighted by molar-refractivity contribution is -0.144. The van der Waals surface area contributed by atoms with Crippen molar-refractivity contribution in [2.75, 3.05) is 13.2 Å². The van der Waals surface area contributed by atoms with Crippen LogP contribution in [0.25, 0.3) is 0 Å². The largest absolute Gasteiger partial charge is 0.461 e. The Bertz CT molecular complexity index is 386. The monoisotopic (exact) mass is 394 g/mol. The molecule has 0 spiro atoms. The Hall–Kier alpha value is -1.58. The third-order valence-electron chi connectivity index (χ3n) is 4.47. The maximum atomic E-state index is 11.6. The minimum absolute atomic E-state index is 0.199. The van der Waals surface area contributed by atoms with Crippen molar-refractivity contribution >= 4 is 11.9 Å². The Balaban J connectivity index is 3.45. The van der Waals surface area contributed by atoms with E-state index in [1.165, 1.54) is 51.4 Å². The molecule has 0 radical (unpaired) electrons. The van der Waals surface area contributed by atoms with Crippen LogP contribution in [0, 0.1) is 0 Å². The third kappa shape index (κ3) is 20.7. The minimum atomic E-state index is -0.199. The lowest BCUT2D eigenvalue weighted by Crippen LogP contribution is -2.06. The molecule has 0 rings (SSSR count). The number of esters is 2. The van der Waals surface area contributed by atoms with Gasteiger partial charge in [0.2, 0.25) is 0 Å². The van der Waals surface area contributed by atoms with Crippen LogP contribution in [-0.2, 0) is 19.1 Å². The Morgan fingerprint density at radius 3 is 1.39 bits per heavy atom. The summed E-state index contributed by atoms with van der Waals surface area (Å²) in [4.78, 5) is 23.2. The fourth-order valence-corrected chi connectivity index (χ4v) is 2.71. The zero-order valence-electron chi connectivity index (χ0n) is 18.3. The van der Waals surface area contributed by atoms with Crippen molar-refractivity contribution in [3.05, 3.63) is 24.3 Å². The number of carbonyl (C=O) groups excluding carboxylic acids is 2. The molecule has 0 aromatic heterocycles. The highest BCUT2D eigenvalue weighted by molar-refractivity contribution is 5.70. The summed E-state index contributed by atoms with van der Waals surface area (Å²) in [5.41, 5.74) is 0. The van der Waals surface area contributed by atoms with E-state index in [0.29, 0.717) is 38.9 Å². The van der Waals surface area contributed by atoms with Crippen LogP contribution in [0.2, 0.25) is 0 Å². The SMILES string of the molecule is CCCCCC/C=C/COC(=O)CCCCC(=O)OC/C=C/CCCCCC. The fraction of sp³-hybridized carbons (Fsp3) is 0.750. The van der Waals surface area contributed by atoms with Gasteiger partial charge in [-0.1, -0.05) is 76.7 Å². The highest BCUT2D eigenvalue weighted by Crippen LogP contribution is 2.05. The summed E-state index contributed by atoms with van der Waals surface area (Å²) in [6.45, 7) is 5.10. The van der Waals surface area contributed by atoms with Crippen LogP contribution in [-0.4, -0.2) is 25.2 Å². The molecule has 0 aromatic carbocycles. The first kappa shape index (κ1) is 26.4. The number of hydrogen-bond acceptors (Lipinski definition) is 4. The molecule has 0 N–H and O–H groups in total. The quantitative estimate of drug-likeness (QED) is 0.139. The number of allylic oxidation sites excluding steroid dienone is 2. The molecule has 4 heteroatoms. The molecule has 0 aliphatic carbocycles. The average Bonchev–Trinajstić information content (AvgIpc) is 2.69. The standard InChI is InChI=1S/C24H42O4/c1-3-5-7-9-11-13-17-21-27-23(25)19-15-16-20-24(26)28-22-18-14-12-10-8-6-4-2/h13-14,17-18H,3-12,15-16,19-22H2,1-2H3/b17-13+,18-14+. The molecule has 0 saturated heterocycles. The molecule has 162 valence electrons. The van der Waals surface area contributed by atoms with Crippen LogP contribution >= 0.6 is 0 Å². The Morgan fingerprint density at radius 1 is 0.571 bits per heavy atom. The summed E-state index contributed by atoms with van der Waals surface area (Å²) in [6, 6.07) is 0. The second-order valence-corrected chi connectivity index (χ2v) is 7.21. The molecule has 0 amide bonds. The van der Waals surface area contributed by atoms with Crippen LogP contribution in [0.5, 0.6) is 0 Å². The first-order chi connectivity index (χ1) is 13.7. The molecule has 0 aliphatic heterocycles. The summed E-state index contributed by atoms with van der Waals surface area (Å²) in [5.74, 6) is -0.398. The first-order valence-electron chi connectivity index (χ1n) is 11.3. The maximum absolute atomic E-state index is 11.6. The highest BCUT2D eigenvalue weighted by atomic mass is 16.5. The summed E-state index contributed by atoms with van der Waals surface area (Å²) >= 11 is 0. The van der Waals surface area contributed by atoms with Gasteiger partial charge in [-0.3, -0.25) is 9.59 Å². The smallest absolute Gasteiger partial charge is 0.306 e. The minimum Gasteiger partial charge on any atom is -0.461 e. The molecule has 0 bridgehead atoms.